The molecule has 0 rings (SSSR count). The zero-order valence-corrected chi connectivity index (χ0v) is 5.56. The molecule has 2 heteroatoms. The van der Waals surface area contributed by atoms with Gasteiger partial charge in [0, 0.05) is 0 Å². The largest absolute Gasteiger partial charge is 0.330 e. The number of hydrogen-bond donors (Lipinski definition) is 2. The second-order valence-electron chi connectivity index (χ2n) is 2.27. The fourth-order valence-electron chi connectivity index (χ4n) is 0.584. The van der Waals surface area contributed by atoms with Gasteiger partial charge in [0.05, 0.1) is 0 Å². The Morgan fingerprint density at radius 2 is 2.00 bits per heavy atom. The first-order valence-corrected chi connectivity index (χ1v) is 3.21. The van der Waals surface area contributed by atoms with E-state index in [1.807, 2.05) is 0 Å². The van der Waals surface area contributed by atoms with Crippen molar-refractivity contribution in [1.82, 2.24) is 0 Å². The summed E-state index contributed by atoms with van der Waals surface area (Å²) in [5.41, 5.74) is 10.7. The minimum atomic E-state index is 0.651. The Labute approximate surface area is 51.2 Å². The average Bonchev–Trinajstić information content (AvgIpc) is 1.83. The van der Waals surface area contributed by atoms with Crippen LogP contribution in [-0.2, 0) is 0 Å². The summed E-state index contributed by atoms with van der Waals surface area (Å²) in [6.45, 7) is 3.74. The molecule has 0 aromatic rings. The second kappa shape index (κ2) is 5.06. The van der Waals surface area contributed by atoms with Crippen LogP contribution in [0, 0.1) is 5.92 Å². The van der Waals surface area contributed by atoms with E-state index in [1.54, 1.807) is 0 Å². The van der Waals surface area contributed by atoms with Gasteiger partial charge in [0.2, 0.25) is 0 Å². The van der Waals surface area contributed by atoms with Crippen molar-refractivity contribution in [3.8, 4) is 0 Å². The standard InChI is InChI=1S/C6H16N2/c1-6(5-8)3-2-4-7/h6H,2-5,7-8H2,1H3. The Morgan fingerprint density at radius 3 is 2.38 bits per heavy atom. The molecule has 1 atom stereocenters. The van der Waals surface area contributed by atoms with Crippen LogP contribution >= 0.6 is 0 Å². The van der Waals surface area contributed by atoms with Crippen LogP contribution in [0.2, 0.25) is 0 Å². The maximum absolute atomic E-state index is 5.37. The van der Waals surface area contributed by atoms with Gasteiger partial charge in [-0.05, 0) is 31.8 Å². The maximum Gasteiger partial charge on any atom is -0.00515 e. The molecule has 0 aliphatic carbocycles. The van der Waals surface area contributed by atoms with Crippen molar-refractivity contribution in [2.75, 3.05) is 13.1 Å². The van der Waals surface area contributed by atoms with E-state index in [-0.39, 0.29) is 0 Å². The fraction of sp³-hybridized carbons (Fsp3) is 1.00. The highest BCUT2D eigenvalue weighted by Gasteiger charge is 1.95. The molecular weight excluding hydrogens is 100 g/mol. The zero-order valence-electron chi connectivity index (χ0n) is 5.56. The summed E-state index contributed by atoms with van der Waals surface area (Å²) in [7, 11) is 0. The predicted octanol–water partition coefficient (Wildman–Crippen LogP) is 0.320. The summed E-state index contributed by atoms with van der Waals surface area (Å²) in [5, 5.41) is 0. The lowest BCUT2D eigenvalue weighted by molar-refractivity contribution is 0.525. The van der Waals surface area contributed by atoms with Gasteiger partial charge in [-0.3, -0.25) is 0 Å². The first kappa shape index (κ1) is 7.92. The molecule has 4 N–H and O–H groups in total. The van der Waals surface area contributed by atoms with Gasteiger partial charge in [0.1, 0.15) is 0 Å². The van der Waals surface area contributed by atoms with Gasteiger partial charge in [0.25, 0.3) is 0 Å². The van der Waals surface area contributed by atoms with Gasteiger partial charge >= 0.3 is 0 Å². The summed E-state index contributed by atoms with van der Waals surface area (Å²) in [4.78, 5) is 0. The molecule has 2 nitrogen and oxygen atoms in total. The molecule has 0 heterocycles. The van der Waals surface area contributed by atoms with Crippen molar-refractivity contribution in [3.63, 3.8) is 0 Å². The van der Waals surface area contributed by atoms with Gasteiger partial charge in [-0.15, -0.1) is 0 Å². The van der Waals surface area contributed by atoms with Crippen molar-refractivity contribution in [1.29, 1.82) is 0 Å². The summed E-state index contributed by atoms with van der Waals surface area (Å²) in [6, 6.07) is 0. The minimum absolute atomic E-state index is 0.651. The molecule has 0 aromatic heterocycles. The fourth-order valence-corrected chi connectivity index (χ4v) is 0.584. The minimum Gasteiger partial charge on any atom is -0.330 e. The predicted molar refractivity (Wildman–Crippen MR) is 36.5 cm³/mol. The van der Waals surface area contributed by atoms with E-state index >= 15 is 0 Å². The van der Waals surface area contributed by atoms with E-state index in [0.29, 0.717) is 5.92 Å². The van der Waals surface area contributed by atoms with Crippen molar-refractivity contribution in [3.05, 3.63) is 0 Å². The van der Waals surface area contributed by atoms with Gasteiger partial charge < -0.3 is 11.5 Å². The molecule has 50 valence electrons. The third kappa shape index (κ3) is 4.09. The first-order chi connectivity index (χ1) is 3.81. The highest BCUT2D eigenvalue weighted by atomic mass is 14.5. The van der Waals surface area contributed by atoms with Crippen molar-refractivity contribution < 1.29 is 0 Å². The van der Waals surface area contributed by atoms with E-state index in [4.69, 9.17) is 11.5 Å². The Bertz CT molecular complexity index is 45.8. The molecule has 0 aliphatic heterocycles. The van der Waals surface area contributed by atoms with E-state index in [2.05, 4.69) is 6.92 Å². The molecule has 0 radical (unpaired) electrons. The van der Waals surface area contributed by atoms with Crippen LogP contribution in [-0.4, -0.2) is 13.1 Å². The monoisotopic (exact) mass is 116 g/mol. The molecule has 0 amide bonds. The van der Waals surface area contributed by atoms with Crippen LogP contribution in [0.5, 0.6) is 0 Å². The van der Waals surface area contributed by atoms with Crippen LogP contribution in [0.15, 0.2) is 0 Å². The molecule has 0 bridgehead atoms. The van der Waals surface area contributed by atoms with Crippen molar-refractivity contribution >= 4 is 0 Å². The lowest BCUT2D eigenvalue weighted by Crippen LogP contribution is -2.12. The van der Waals surface area contributed by atoms with Crippen LogP contribution in [0.3, 0.4) is 0 Å². The lowest BCUT2D eigenvalue weighted by atomic mass is 10.1. The van der Waals surface area contributed by atoms with Gasteiger partial charge in [-0.1, -0.05) is 6.92 Å². The molecule has 0 spiro atoms. The van der Waals surface area contributed by atoms with E-state index < -0.39 is 0 Å². The quantitative estimate of drug-likeness (QED) is 0.555. The highest BCUT2D eigenvalue weighted by molar-refractivity contribution is 4.52. The Morgan fingerprint density at radius 1 is 1.38 bits per heavy atom. The molecule has 1 unspecified atom stereocenters. The normalized spacial score (nSPS) is 13.9. The van der Waals surface area contributed by atoms with E-state index in [0.717, 1.165) is 19.5 Å². The molecule has 0 aromatic carbocycles. The van der Waals surface area contributed by atoms with E-state index in [1.165, 1.54) is 6.42 Å². The summed E-state index contributed by atoms with van der Waals surface area (Å²) < 4.78 is 0. The topological polar surface area (TPSA) is 52.0 Å². The average molecular weight is 116 g/mol. The molecule has 0 saturated heterocycles. The van der Waals surface area contributed by atoms with Crippen molar-refractivity contribution in [2.45, 2.75) is 19.8 Å². The Balaban J connectivity index is 2.86. The first-order valence-electron chi connectivity index (χ1n) is 3.21. The smallest absolute Gasteiger partial charge is 0.00515 e. The van der Waals surface area contributed by atoms with Crippen LogP contribution < -0.4 is 11.5 Å². The third-order valence-electron chi connectivity index (χ3n) is 1.30. The van der Waals surface area contributed by atoms with Gasteiger partial charge in [0.15, 0.2) is 0 Å². The van der Waals surface area contributed by atoms with Crippen LogP contribution in [0.4, 0.5) is 0 Å². The molecular formula is C6H16N2. The summed E-state index contributed by atoms with van der Waals surface area (Å²) in [5.74, 6) is 0.651. The molecule has 0 aliphatic rings. The summed E-state index contributed by atoms with van der Waals surface area (Å²) >= 11 is 0. The number of hydrogen-bond acceptors (Lipinski definition) is 2. The lowest BCUT2D eigenvalue weighted by Gasteiger charge is -2.04. The van der Waals surface area contributed by atoms with Crippen molar-refractivity contribution in [2.24, 2.45) is 17.4 Å². The van der Waals surface area contributed by atoms with Gasteiger partial charge in [-0.2, -0.15) is 0 Å². The third-order valence-corrected chi connectivity index (χ3v) is 1.30. The molecule has 8 heavy (non-hydrogen) atoms. The second-order valence-corrected chi connectivity index (χ2v) is 2.27. The van der Waals surface area contributed by atoms with E-state index in [9.17, 15) is 0 Å². The highest BCUT2D eigenvalue weighted by Crippen LogP contribution is 2.00. The SMILES string of the molecule is CC(CN)CCCN. The Hall–Kier alpha value is -0.0800. The maximum atomic E-state index is 5.37. The zero-order chi connectivity index (χ0) is 6.41. The van der Waals surface area contributed by atoms with Gasteiger partial charge in [-0.25, -0.2) is 0 Å². The number of nitrogens with two attached hydrogens (primary N) is 2. The number of rotatable bonds is 4. The Kier molecular flexibility index (Phi) is 5.01. The summed E-state index contributed by atoms with van der Waals surface area (Å²) in [6.07, 6.45) is 2.28. The van der Waals surface area contributed by atoms with Crippen LogP contribution in [0.25, 0.3) is 0 Å². The molecule has 0 saturated carbocycles. The molecule has 0 fully saturated rings. The van der Waals surface area contributed by atoms with Crippen LogP contribution in [0.1, 0.15) is 19.8 Å².